The molecule has 0 bridgehead atoms. The molecule has 29 nitrogen and oxygen atoms in total. The Kier molecular flexibility index (Phi) is 30.4. The minimum Gasteiger partial charge on any atom is -1.00 e. The number of pyridine rings is 3. The molecule has 11 rings (SSSR count). The Morgan fingerprint density at radius 3 is 1.22 bits per heavy atom. The molecular weight excluding hydrogens is 1370 g/mol. The maximum Gasteiger partial charge on any atom is 2.00 e. The van der Waals surface area contributed by atoms with E-state index in [0.717, 1.165) is 49.6 Å². The van der Waals surface area contributed by atoms with Crippen molar-refractivity contribution >= 4 is 116 Å². The van der Waals surface area contributed by atoms with Crippen molar-refractivity contribution < 1.29 is 60.0 Å². The number of anilines is 7. The fourth-order valence-electron chi connectivity index (χ4n) is 9.10. The molecule has 97 heavy (non-hydrogen) atoms. The number of Topliss-reactive ketones (excluding diaryl/α,β-unsaturated/α-hetero) is 2. The molecule has 6 N–H and O–H groups in total. The third kappa shape index (κ3) is 20.3. The van der Waals surface area contributed by atoms with E-state index >= 15 is 0 Å². The molecule has 5 amide bonds. The zero-order valence-electron chi connectivity index (χ0n) is 55.6. The molecule has 2 aliphatic rings. The van der Waals surface area contributed by atoms with Crippen LogP contribution in [-0.4, -0.2) is 188 Å². The van der Waals surface area contributed by atoms with Gasteiger partial charge in [-0.1, -0.05) is 55.2 Å². The number of hydrogen-bond donors (Lipinski definition) is 5. The Balaban J connectivity index is 0.000000245. The molecule has 8 heterocycles. The number of aromatic nitrogens is 12. The second-order valence-electron chi connectivity index (χ2n) is 20.5. The predicted octanol–water partition coefficient (Wildman–Crippen LogP) is 7.49. The van der Waals surface area contributed by atoms with E-state index in [4.69, 9.17) is 48.0 Å². The summed E-state index contributed by atoms with van der Waals surface area (Å²) in [5.74, 6) is 3.11. The fraction of sp³-hybridized carbons (Fsp3) is 0.297. The summed E-state index contributed by atoms with van der Waals surface area (Å²) < 4.78 is 21.7. The molecule has 33 heteroatoms. The summed E-state index contributed by atoms with van der Waals surface area (Å²) in [5, 5.41) is 27.1. The minimum atomic E-state index is -0.379. The Bertz CT molecular complexity index is 4150. The molecule has 0 spiro atoms. The molecule has 508 valence electrons. The number of ether oxygens (including phenoxy) is 3. The van der Waals surface area contributed by atoms with Crippen LogP contribution in [0, 0.1) is 6.92 Å². The van der Waals surface area contributed by atoms with Crippen molar-refractivity contribution in [2.45, 2.75) is 46.5 Å². The molecule has 2 saturated heterocycles. The van der Waals surface area contributed by atoms with E-state index in [-0.39, 0.29) is 80.3 Å². The Hall–Kier alpha value is -9.53. The molecule has 0 saturated carbocycles. The first-order valence-corrected chi connectivity index (χ1v) is 30.4. The second kappa shape index (κ2) is 37.7. The normalized spacial score (nSPS) is 11.5. The number of rotatable bonds is 19. The molecule has 0 unspecified atom stereocenters. The number of ketones is 2. The van der Waals surface area contributed by atoms with Gasteiger partial charge in [0.15, 0.2) is 46.3 Å². The van der Waals surface area contributed by atoms with Crippen LogP contribution in [0.2, 0.25) is 10.3 Å². The summed E-state index contributed by atoms with van der Waals surface area (Å²) in [6, 6.07) is 21.0. The quantitative estimate of drug-likeness (QED) is 0.0172. The topological polar surface area (TPSA) is 337 Å². The molecule has 6 aromatic heterocycles. The van der Waals surface area contributed by atoms with Crippen LogP contribution in [-0.2, 0) is 26.0 Å². The van der Waals surface area contributed by atoms with Crippen LogP contribution < -0.4 is 58.2 Å². The summed E-state index contributed by atoms with van der Waals surface area (Å²) in [7, 11) is 13.0. The number of para-hydroxylation sites is 3. The first-order chi connectivity index (χ1) is 45.8. The van der Waals surface area contributed by atoms with Crippen LogP contribution in [0.4, 0.5) is 49.5 Å². The summed E-state index contributed by atoms with van der Waals surface area (Å²) in [6.45, 7) is 11.8. The van der Waals surface area contributed by atoms with E-state index in [1.807, 2.05) is 54.6 Å². The van der Waals surface area contributed by atoms with Gasteiger partial charge < -0.3 is 69.6 Å². The molecule has 0 aliphatic carbocycles. The smallest absolute Gasteiger partial charge is 1.00 e. The van der Waals surface area contributed by atoms with Crippen molar-refractivity contribution in [1.82, 2.24) is 74.1 Å². The van der Waals surface area contributed by atoms with Gasteiger partial charge in [-0.3, -0.25) is 38.6 Å². The van der Waals surface area contributed by atoms with Crippen LogP contribution in [0.25, 0.3) is 34.2 Å². The third-order valence-corrected chi connectivity index (χ3v) is 14.6. The average Bonchev–Trinajstić information content (AvgIpc) is 1.76. The number of methoxy groups -OCH3 is 3. The monoisotopic (exact) mass is 1440 g/mol. The number of hydrogen-bond acceptors (Lipinski definition) is 21. The predicted molar refractivity (Wildman–Crippen MR) is 368 cm³/mol. The number of primary amides is 1. The molecule has 3 aromatic carbocycles. The van der Waals surface area contributed by atoms with Crippen molar-refractivity contribution in [1.29, 1.82) is 0 Å². The van der Waals surface area contributed by atoms with Crippen molar-refractivity contribution in [2.24, 2.45) is 26.9 Å². The van der Waals surface area contributed by atoms with Gasteiger partial charge in [-0.2, -0.15) is 22.2 Å². The van der Waals surface area contributed by atoms with E-state index < -0.39 is 0 Å². The van der Waals surface area contributed by atoms with Gasteiger partial charge in [-0.25, -0.2) is 44.6 Å². The Morgan fingerprint density at radius 1 is 0.546 bits per heavy atom. The number of carbonyl (C=O) groups excluding carboxylic acids is 5. The molecule has 0 radical (unpaired) electrons. The van der Waals surface area contributed by atoms with Crippen molar-refractivity contribution in [3.8, 4) is 51.4 Å². The van der Waals surface area contributed by atoms with Crippen molar-refractivity contribution in [2.75, 3.05) is 82.9 Å². The SMILES string of the molecule is CCC(=O)c1cnc(Cl)cc1Nc1cccc(-c2ncn(C)n2)c1OC.CCC(=O)c1cnc(NC(=O)N2CCC2)cc1Nc1cccc(-c2ncn(C)n2)c1OC.COc1c(Nc2cc(Cl)ncc2C(=O)N(C)OC)cccc1-c1ncn(C)n1.NC(=O)N1CCC1.[Br-].[CH2-]C.[Mg+2]. The van der Waals surface area contributed by atoms with Gasteiger partial charge in [-0.05, 0) is 61.4 Å². The number of nitrogens with two attached hydrogens (primary N) is 1. The van der Waals surface area contributed by atoms with Gasteiger partial charge in [0.05, 0.1) is 95.9 Å². The minimum absolute atomic E-state index is 0. The number of halogens is 3. The number of urea groups is 2. The molecule has 2 aliphatic heterocycles. The average molecular weight is 1440 g/mol. The third-order valence-electron chi connectivity index (χ3n) is 14.2. The molecule has 9 aromatic rings. The van der Waals surface area contributed by atoms with Gasteiger partial charge in [0.1, 0.15) is 35.1 Å². The first-order valence-electron chi connectivity index (χ1n) is 29.7. The molecule has 2 fully saturated rings. The number of likely N-dealkylation sites (tertiary alicyclic amines) is 2. The number of nitrogens with zero attached hydrogens (tertiary/aromatic N) is 15. The number of hydroxylamine groups is 2. The maximum atomic E-state index is 12.6. The van der Waals surface area contributed by atoms with E-state index in [1.54, 1.807) is 124 Å². The molecule has 0 atom stereocenters. The van der Waals surface area contributed by atoms with Crippen LogP contribution >= 0.6 is 23.2 Å². The summed E-state index contributed by atoms with van der Waals surface area (Å²) in [4.78, 5) is 93.2. The first kappa shape index (κ1) is 78.2. The summed E-state index contributed by atoms with van der Waals surface area (Å²) in [5.41, 5.74) is 11.7. The zero-order chi connectivity index (χ0) is 68.9. The second-order valence-corrected chi connectivity index (χ2v) is 21.2. The number of amides is 5. The van der Waals surface area contributed by atoms with Crippen LogP contribution in [0.3, 0.4) is 0 Å². The Morgan fingerprint density at radius 2 is 0.907 bits per heavy atom. The van der Waals surface area contributed by atoms with Gasteiger partial charge in [0.25, 0.3) is 5.91 Å². The number of benzene rings is 3. The zero-order valence-corrected chi connectivity index (χ0v) is 60.1. The van der Waals surface area contributed by atoms with Crippen molar-refractivity contribution in [3.05, 3.63) is 144 Å². The van der Waals surface area contributed by atoms with Crippen LogP contribution in [0.1, 0.15) is 77.5 Å². The van der Waals surface area contributed by atoms with Gasteiger partial charge in [-0.15, -0.1) is 0 Å². The van der Waals surface area contributed by atoms with E-state index in [2.05, 4.69) is 73.4 Å². The molecular formula is C64H75BrCl2MgN20O9. The number of nitrogens with one attached hydrogen (secondary N) is 4. The van der Waals surface area contributed by atoms with E-state index in [1.165, 1.54) is 32.7 Å². The largest absolute Gasteiger partial charge is 2.00 e. The number of carbonyl (C=O) groups is 5. The van der Waals surface area contributed by atoms with Gasteiger partial charge in [0, 0.05) is 91.9 Å². The fourth-order valence-corrected chi connectivity index (χ4v) is 9.42. The van der Waals surface area contributed by atoms with Crippen LogP contribution in [0.15, 0.2) is 110 Å². The standard InChI is InChI=1S/C22H25N7O3.C18H19ClN6O3.C18H18ClN5O2.C4H8N2O.C2H5.BrH.Mg/c1-4-18(30)15-12-23-19(26-22(31)29-9-6-10-29)11-17(15)25-16-8-5-7-14(20(16)32-3)21-24-13-28(2)27-21;1-24-10-21-17(23-24)11-6-5-7-13(16(11)27-3)22-14-8-15(19)20-9-12(14)18(26)25(2)28-4;1-4-15(25)12-9-20-16(19)8-14(12)22-13-7-5-6-11(17(13)26-3)18-21-10-24(2)23-18;5-4(7)6-2-1-3-6;1-2;;/h5,7-8,11-13H,4,6,9-10H2,1-3H3,(H2,23,25,26,31);5-10H,1-4H3,(H,20,22);5-10H,4H2,1-3H3,(H,20,22);1-3H2,(H2,5,7);1H2,2H3;1H;/q;;;;-1;;+2/p-1. The summed E-state index contributed by atoms with van der Waals surface area (Å²) >= 11 is 12.1. The van der Waals surface area contributed by atoms with Crippen LogP contribution in [0.5, 0.6) is 17.2 Å². The van der Waals surface area contributed by atoms with E-state index in [0.29, 0.717) is 115 Å². The van der Waals surface area contributed by atoms with E-state index in [9.17, 15) is 24.0 Å². The van der Waals surface area contributed by atoms with Gasteiger partial charge >= 0.3 is 35.1 Å². The Labute approximate surface area is 598 Å². The maximum absolute atomic E-state index is 12.6. The van der Waals surface area contributed by atoms with Crippen molar-refractivity contribution in [3.63, 3.8) is 0 Å². The summed E-state index contributed by atoms with van der Waals surface area (Å²) in [6.07, 6.45) is 12.0. The number of aryl methyl sites for hydroxylation is 3. The van der Waals surface area contributed by atoms with Gasteiger partial charge in [0.2, 0.25) is 0 Å².